The third-order valence-electron chi connectivity index (χ3n) is 0.915. The normalized spacial score (nSPS) is 9.30. The van der Waals surface area contributed by atoms with Crippen molar-refractivity contribution in [1.82, 2.24) is 5.16 Å². The molecule has 0 fully saturated rings. The van der Waals surface area contributed by atoms with Gasteiger partial charge in [-0.3, -0.25) is 4.79 Å². The molecule has 0 saturated heterocycles. The molecule has 0 saturated carbocycles. The molecule has 0 amide bonds. The van der Waals surface area contributed by atoms with E-state index in [0.29, 0.717) is 18.8 Å². The van der Waals surface area contributed by atoms with Gasteiger partial charge in [0, 0.05) is 0 Å². The first-order valence-corrected chi connectivity index (χ1v) is 2.91. The first-order chi connectivity index (χ1) is 4.86. The van der Waals surface area contributed by atoms with Gasteiger partial charge in [-0.25, -0.2) is 0 Å². The Balaban J connectivity index is 2.68. The highest BCUT2D eigenvalue weighted by atomic mass is 16.5. The van der Waals surface area contributed by atoms with Crippen molar-refractivity contribution in [3.05, 3.63) is 11.8 Å². The van der Waals surface area contributed by atoms with E-state index < -0.39 is 0 Å². The van der Waals surface area contributed by atoms with Gasteiger partial charge in [-0.2, -0.15) is 0 Å². The van der Waals surface area contributed by atoms with Crippen molar-refractivity contribution >= 4 is 6.29 Å². The second-order valence-corrected chi connectivity index (χ2v) is 1.62. The second-order valence-electron chi connectivity index (χ2n) is 1.62. The SMILES string of the molecule is CCOc1cc(C=O)on1. The Kier molecular flexibility index (Phi) is 2.04. The Bertz CT molecular complexity index is 219. The molecule has 10 heavy (non-hydrogen) atoms. The number of hydrogen-bond donors (Lipinski definition) is 0. The summed E-state index contributed by atoms with van der Waals surface area (Å²) in [5, 5.41) is 3.45. The van der Waals surface area contributed by atoms with E-state index >= 15 is 0 Å². The number of rotatable bonds is 3. The lowest BCUT2D eigenvalue weighted by Crippen LogP contribution is -1.89. The minimum absolute atomic E-state index is 0.184. The third-order valence-corrected chi connectivity index (χ3v) is 0.915. The van der Waals surface area contributed by atoms with Crippen LogP contribution in [0.5, 0.6) is 5.88 Å². The summed E-state index contributed by atoms with van der Waals surface area (Å²) in [6.45, 7) is 2.35. The average Bonchev–Trinajstić information content (AvgIpc) is 2.37. The molecular weight excluding hydrogens is 134 g/mol. The minimum Gasteiger partial charge on any atom is -0.476 e. The Hall–Kier alpha value is -1.32. The molecule has 1 aromatic heterocycles. The van der Waals surface area contributed by atoms with Crippen LogP contribution in [-0.4, -0.2) is 18.0 Å². The lowest BCUT2D eigenvalue weighted by Gasteiger charge is -1.91. The van der Waals surface area contributed by atoms with Gasteiger partial charge in [0.05, 0.1) is 12.7 Å². The van der Waals surface area contributed by atoms with Crippen LogP contribution in [0.15, 0.2) is 10.6 Å². The van der Waals surface area contributed by atoms with Gasteiger partial charge in [0.2, 0.25) is 5.76 Å². The maximum Gasteiger partial charge on any atom is 0.254 e. The Morgan fingerprint density at radius 3 is 3.20 bits per heavy atom. The van der Waals surface area contributed by atoms with Crippen molar-refractivity contribution in [3.63, 3.8) is 0 Å². The molecule has 4 nitrogen and oxygen atoms in total. The molecule has 0 radical (unpaired) electrons. The smallest absolute Gasteiger partial charge is 0.254 e. The first kappa shape index (κ1) is 6.80. The lowest BCUT2D eigenvalue weighted by atomic mass is 10.5. The molecule has 0 unspecified atom stereocenters. The van der Waals surface area contributed by atoms with E-state index in [4.69, 9.17) is 4.74 Å². The average molecular weight is 141 g/mol. The van der Waals surface area contributed by atoms with E-state index in [-0.39, 0.29) is 5.76 Å². The van der Waals surface area contributed by atoms with Gasteiger partial charge in [-0.05, 0) is 12.1 Å². The molecule has 1 rings (SSSR count). The fraction of sp³-hybridized carbons (Fsp3) is 0.333. The predicted molar refractivity (Wildman–Crippen MR) is 33.1 cm³/mol. The number of nitrogens with zero attached hydrogens (tertiary/aromatic N) is 1. The fourth-order valence-electron chi connectivity index (χ4n) is 0.544. The molecule has 0 N–H and O–H groups in total. The standard InChI is InChI=1S/C6H7NO3/c1-2-9-6-3-5(4-8)10-7-6/h3-4H,2H2,1H3. The molecular formula is C6H7NO3. The van der Waals surface area contributed by atoms with Crippen LogP contribution in [-0.2, 0) is 0 Å². The largest absolute Gasteiger partial charge is 0.476 e. The zero-order valence-corrected chi connectivity index (χ0v) is 5.53. The molecule has 0 spiro atoms. The van der Waals surface area contributed by atoms with Gasteiger partial charge < -0.3 is 9.26 Å². The van der Waals surface area contributed by atoms with Crippen molar-refractivity contribution in [2.75, 3.05) is 6.61 Å². The summed E-state index contributed by atoms with van der Waals surface area (Å²) in [6.07, 6.45) is 0.579. The second kappa shape index (κ2) is 3.00. The van der Waals surface area contributed by atoms with Gasteiger partial charge in [0.15, 0.2) is 6.29 Å². The zero-order chi connectivity index (χ0) is 7.40. The maximum absolute atomic E-state index is 10.0. The Morgan fingerprint density at radius 2 is 2.70 bits per heavy atom. The van der Waals surface area contributed by atoms with Crippen LogP contribution in [0.3, 0.4) is 0 Å². The van der Waals surface area contributed by atoms with Crippen LogP contribution in [0.25, 0.3) is 0 Å². The van der Waals surface area contributed by atoms with Crippen molar-refractivity contribution in [1.29, 1.82) is 0 Å². The molecule has 0 bridgehead atoms. The molecule has 0 aliphatic carbocycles. The number of carbonyl (C=O) groups is 1. The minimum atomic E-state index is 0.184. The van der Waals surface area contributed by atoms with Crippen LogP contribution in [0.4, 0.5) is 0 Å². The number of ether oxygens (including phenoxy) is 1. The van der Waals surface area contributed by atoms with E-state index in [0.717, 1.165) is 0 Å². The number of carbonyl (C=O) groups excluding carboxylic acids is 1. The summed E-state index contributed by atoms with van der Waals surface area (Å²) >= 11 is 0. The summed E-state index contributed by atoms with van der Waals surface area (Å²) in [7, 11) is 0. The van der Waals surface area contributed by atoms with E-state index in [1.807, 2.05) is 6.92 Å². The summed E-state index contributed by atoms with van der Waals surface area (Å²) in [4.78, 5) is 10.0. The molecule has 0 aliphatic heterocycles. The number of hydrogen-bond acceptors (Lipinski definition) is 4. The summed E-state index contributed by atoms with van der Waals surface area (Å²) in [5.41, 5.74) is 0. The molecule has 0 atom stereocenters. The van der Waals surface area contributed by atoms with Crippen molar-refractivity contribution in [3.8, 4) is 5.88 Å². The van der Waals surface area contributed by atoms with Crippen molar-refractivity contribution in [2.45, 2.75) is 6.92 Å². The summed E-state index contributed by atoms with van der Waals surface area (Å²) in [6, 6.07) is 1.44. The highest BCUT2D eigenvalue weighted by Crippen LogP contribution is 2.08. The molecule has 4 heteroatoms. The maximum atomic E-state index is 10.0. The highest BCUT2D eigenvalue weighted by Gasteiger charge is 2.00. The van der Waals surface area contributed by atoms with Gasteiger partial charge in [-0.1, -0.05) is 0 Å². The van der Waals surface area contributed by atoms with E-state index in [9.17, 15) is 4.79 Å². The van der Waals surface area contributed by atoms with Gasteiger partial charge in [-0.15, -0.1) is 0 Å². The number of aromatic nitrogens is 1. The lowest BCUT2D eigenvalue weighted by molar-refractivity contribution is 0.109. The van der Waals surface area contributed by atoms with Crippen LogP contribution < -0.4 is 4.74 Å². The van der Waals surface area contributed by atoms with E-state index in [1.54, 1.807) is 0 Å². The van der Waals surface area contributed by atoms with Gasteiger partial charge >= 0.3 is 0 Å². The van der Waals surface area contributed by atoms with Crippen molar-refractivity contribution in [2.24, 2.45) is 0 Å². The van der Waals surface area contributed by atoms with Crippen LogP contribution >= 0.6 is 0 Å². The predicted octanol–water partition coefficient (Wildman–Crippen LogP) is 0.886. The monoisotopic (exact) mass is 141 g/mol. The van der Waals surface area contributed by atoms with Crippen LogP contribution in [0.2, 0.25) is 0 Å². The van der Waals surface area contributed by atoms with Crippen LogP contribution in [0.1, 0.15) is 17.5 Å². The topological polar surface area (TPSA) is 52.3 Å². The van der Waals surface area contributed by atoms with E-state index in [1.165, 1.54) is 6.07 Å². The molecule has 0 aliphatic rings. The summed E-state index contributed by atoms with van der Waals surface area (Å²) in [5.74, 6) is 0.535. The van der Waals surface area contributed by atoms with E-state index in [2.05, 4.69) is 9.68 Å². The van der Waals surface area contributed by atoms with Gasteiger partial charge in [0.25, 0.3) is 5.88 Å². The Labute approximate surface area is 57.8 Å². The van der Waals surface area contributed by atoms with Gasteiger partial charge in [0.1, 0.15) is 0 Å². The third kappa shape index (κ3) is 1.34. The van der Waals surface area contributed by atoms with Crippen LogP contribution in [0, 0.1) is 0 Å². The molecule has 0 aromatic carbocycles. The summed E-state index contributed by atoms with van der Waals surface area (Å²) < 4.78 is 9.45. The Morgan fingerprint density at radius 1 is 1.90 bits per heavy atom. The zero-order valence-electron chi connectivity index (χ0n) is 5.53. The van der Waals surface area contributed by atoms with Crippen molar-refractivity contribution < 1.29 is 14.1 Å². The first-order valence-electron chi connectivity index (χ1n) is 2.91. The molecule has 1 aromatic rings. The fourth-order valence-corrected chi connectivity index (χ4v) is 0.544. The molecule has 54 valence electrons. The molecule has 1 heterocycles. The number of aldehydes is 1. The quantitative estimate of drug-likeness (QED) is 0.586. The highest BCUT2D eigenvalue weighted by molar-refractivity contribution is 5.70.